The number of hydrogen-bond acceptors (Lipinski definition) is 1. The molecule has 0 aromatic heterocycles. The van der Waals surface area contributed by atoms with Gasteiger partial charge < -0.3 is 0 Å². The van der Waals surface area contributed by atoms with Crippen molar-refractivity contribution >= 4 is 12.6 Å². The van der Waals surface area contributed by atoms with Gasteiger partial charge in [-0.05, 0) is 25.2 Å². The molecule has 2 unspecified atom stereocenters. The zero-order valence-corrected chi connectivity index (χ0v) is 5.70. The van der Waals surface area contributed by atoms with E-state index in [0.717, 1.165) is 5.92 Å². The number of thiol groups is 1. The molecule has 2 atom stereocenters. The summed E-state index contributed by atoms with van der Waals surface area (Å²) in [7, 11) is 0. The van der Waals surface area contributed by atoms with E-state index in [4.69, 9.17) is 0 Å². The van der Waals surface area contributed by atoms with Crippen LogP contribution in [0.3, 0.4) is 0 Å². The Kier molecular flexibility index (Phi) is 0.944. The molecule has 1 heteroatoms. The van der Waals surface area contributed by atoms with Crippen LogP contribution in [-0.2, 0) is 0 Å². The second-order valence-corrected chi connectivity index (χ2v) is 3.42. The minimum Gasteiger partial charge on any atom is -0.171 e. The Hall–Kier alpha value is 0.0900. The summed E-state index contributed by atoms with van der Waals surface area (Å²) in [5, 5.41) is 0.633. The van der Waals surface area contributed by atoms with E-state index in [0.29, 0.717) is 5.25 Å². The van der Waals surface area contributed by atoms with Crippen LogP contribution >= 0.6 is 12.6 Å². The molecule has 2 aliphatic carbocycles. The van der Waals surface area contributed by atoms with Gasteiger partial charge in [0.1, 0.15) is 0 Å². The van der Waals surface area contributed by atoms with E-state index in [-0.39, 0.29) is 0 Å². The van der Waals surface area contributed by atoms with Gasteiger partial charge in [0.25, 0.3) is 0 Å². The third kappa shape index (κ3) is 0.540. The van der Waals surface area contributed by atoms with Gasteiger partial charge in [-0.3, -0.25) is 0 Å². The summed E-state index contributed by atoms with van der Waals surface area (Å²) in [6, 6.07) is 0. The maximum absolute atomic E-state index is 4.43. The van der Waals surface area contributed by atoms with Gasteiger partial charge in [0.2, 0.25) is 0 Å². The van der Waals surface area contributed by atoms with Gasteiger partial charge in [0.15, 0.2) is 0 Å². The quantitative estimate of drug-likeness (QED) is 0.372. The van der Waals surface area contributed by atoms with Gasteiger partial charge in [0.05, 0.1) is 0 Å². The summed E-state index contributed by atoms with van der Waals surface area (Å²) >= 11 is 4.43. The minimum absolute atomic E-state index is 0.633. The van der Waals surface area contributed by atoms with E-state index in [2.05, 4.69) is 18.7 Å². The third-order valence-corrected chi connectivity index (χ3v) is 2.75. The van der Waals surface area contributed by atoms with Crippen molar-refractivity contribution in [3.05, 3.63) is 11.6 Å². The SMILES string of the molecule is SC1CC2C=C1CC2. The van der Waals surface area contributed by atoms with Crippen molar-refractivity contribution in [1.29, 1.82) is 0 Å². The average molecular weight is 126 g/mol. The van der Waals surface area contributed by atoms with Gasteiger partial charge in [-0.2, -0.15) is 12.6 Å². The van der Waals surface area contributed by atoms with Crippen LogP contribution in [0, 0.1) is 5.92 Å². The van der Waals surface area contributed by atoms with Crippen LogP contribution in [0.25, 0.3) is 0 Å². The van der Waals surface area contributed by atoms with Gasteiger partial charge in [-0.25, -0.2) is 0 Å². The van der Waals surface area contributed by atoms with Gasteiger partial charge in [-0.15, -0.1) is 0 Å². The highest BCUT2D eigenvalue weighted by molar-refractivity contribution is 7.81. The second-order valence-electron chi connectivity index (χ2n) is 2.79. The number of allylic oxidation sites excluding steroid dienone is 1. The van der Waals surface area contributed by atoms with E-state index in [1.165, 1.54) is 19.3 Å². The van der Waals surface area contributed by atoms with Crippen LogP contribution in [0.5, 0.6) is 0 Å². The zero-order valence-electron chi connectivity index (χ0n) is 4.80. The van der Waals surface area contributed by atoms with Crippen molar-refractivity contribution in [3.63, 3.8) is 0 Å². The van der Waals surface area contributed by atoms with Crippen LogP contribution in [0.4, 0.5) is 0 Å². The van der Waals surface area contributed by atoms with Crippen LogP contribution in [-0.4, -0.2) is 5.25 Å². The molecule has 0 nitrogen and oxygen atoms in total. The number of hydrogen-bond donors (Lipinski definition) is 1. The molecule has 0 spiro atoms. The molecule has 0 saturated heterocycles. The molecule has 8 heavy (non-hydrogen) atoms. The molecule has 0 heterocycles. The van der Waals surface area contributed by atoms with Crippen LogP contribution < -0.4 is 0 Å². The van der Waals surface area contributed by atoms with E-state index in [9.17, 15) is 0 Å². The second kappa shape index (κ2) is 1.53. The lowest BCUT2D eigenvalue weighted by Crippen LogP contribution is -2.05. The molecule has 0 amide bonds. The zero-order chi connectivity index (χ0) is 5.56. The van der Waals surface area contributed by atoms with Crippen molar-refractivity contribution in [2.45, 2.75) is 24.5 Å². The van der Waals surface area contributed by atoms with Crippen LogP contribution in [0.15, 0.2) is 11.6 Å². The van der Waals surface area contributed by atoms with Crippen molar-refractivity contribution in [3.8, 4) is 0 Å². The summed E-state index contributed by atoms with van der Waals surface area (Å²) in [5.74, 6) is 0.910. The fourth-order valence-corrected chi connectivity index (χ4v) is 2.21. The lowest BCUT2D eigenvalue weighted by molar-refractivity contribution is 0.560. The monoisotopic (exact) mass is 126 g/mol. The molecule has 0 fully saturated rings. The van der Waals surface area contributed by atoms with Crippen molar-refractivity contribution in [1.82, 2.24) is 0 Å². The van der Waals surface area contributed by atoms with Crippen molar-refractivity contribution in [2.75, 3.05) is 0 Å². The van der Waals surface area contributed by atoms with Gasteiger partial charge in [-0.1, -0.05) is 11.6 Å². The lowest BCUT2D eigenvalue weighted by atomic mass is 9.99. The lowest BCUT2D eigenvalue weighted by Gasteiger charge is -2.13. The summed E-state index contributed by atoms with van der Waals surface area (Å²) in [6.45, 7) is 0. The largest absolute Gasteiger partial charge is 0.171 e. The van der Waals surface area contributed by atoms with E-state index in [1.807, 2.05) is 0 Å². The van der Waals surface area contributed by atoms with Gasteiger partial charge in [0, 0.05) is 5.25 Å². The first-order valence-electron chi connectivity index (χ1n) is 3.25. The molecule has 2 aliphatic rings. The minimum atomic E-state index is 0.633. The number of rotatable bonds is 0. The molecule has 0 radical (unpaired) electrons. The summed E-state index contributed by atoms with van der Waals surface area (Å²) in [5.41, 5.74) is 1.61. The van der Waals surface area contributed by atoms with E-state index in [1.54, 1.807) is 5.57 Å². The molecular formula is C7H10S. The Balaban J connectivity index is 2.23. The Bertz CT molecular complexity index is 137. The summed E-state index contributed by atoms with van der Waals surface area (Å²) in [4.78, 5) is 0. The maximum Gasteiger partial charge on any atom is 0.0231 e. The van der Waals surface area contributed by atoms with Crippen molar-refractivity contribution < 1.29 is 0 Å². The number of fused-ring (bicyclic) bond motifs is 1. The molecule has 0 aliphatic heterocycles. The first-order chi connectivity index (χ1) is 3.86. The Labute approximate surface area is 55.4 Å². The fraction of sp³-hybridized carbons (Fsp3) is 0.714. The summed E-state index contributed by atoms with van der Waals surface area (Å²) < 4.78 is 0. The van der Waals surface area contributed by atoms with E-state index >= 15 is 0 Å². The highest BCUT2D eigenvalue weighted by Gasteiger charge is 2.28. The summed E-state index contributed by atoms with van der Waals surface area (Å²) in [6.07, 6.45) is 6.47. The Morgan fingerprint density at radius 1 is 1.62 bits per heavy atom. The molecule has 0 saturated carbocycles. The Morgan fingerprint density at radius 3 is 2.75 bits per heavy atom. The maximum atomic E-state index is 4.43. The topological polar surface area (TPSA) is 0 Å². The predicted molar refractivity (Wildman–Crippen MR) is 38.2 cm³/mol. The normalized spacial score (nSPS) is 42.9. The molecule has 0 aromatic rings. The highest BCUT2D eigenvalue weighted by atomic mass is 32.1. The van der Waals surface area contributed by atoms with Crippen LogP contribution in [0.2, 0.25) is 0 Å². The first kappa shape index (κ1) is 4.92. The first-order valence-corrected chi connectivity index (χ1v) is 3.76. The molecule has 0 aromatic carbocycles. The van der Waals surface area contributed by atoms with Crippen LogP contribution in [0.1, 0.15) is 19.3 Å². The average Bonchev–Trinajstić information content (AvgIpc) is 2.23. The fourth-order valence-electron chi connectivity index (χ4n) is 1.72. The molecule has 44 valence electrons. The third-order valence-electron chi connectivity index (χ3n) is 2.21. The predicted octanol–water partition coefficient (Wildman–Crippen LogP) is 2.02. The molecule has 2 rings (SSSR count). The van der Waals surface area contributed by atoms with Crippen molar-refractivity contribution in [2.24, 2.45) is 5.92 Å². The van der Waals surface area contributed by atoms with E-state index < -0.39 is 0 Å². The molecule has 0 N–H and O–H groups in total. The highest BCUT2D eigenvalue weighted by Crippen LogP contribution is 2.40. The standard InChI is InChI=1S/C7H10S/c8-7-4-5-1-2-6(7)3-5/h3,5,7-8H,1-2,4H2. The Morgan fingerprint density at radius 2 is 2.50 bits per heavy atom. The molecular weight excluding hydrogens is 116 g/mol. The van der Waals surface area contributed by atoms with Gasteiger partial charge >= 0.3 is 0 Å². The molecule has 2 bridgehead atoms. The smallest absolute Gasteiger partial charge is 0.0231 e.